The van der Waals surface area contributed by atoms with Crippen LogP contribution in [-0.2, 0) is 6.42 Å². The molecular formula is C20H21N3O3S. The second-order valence-corrected chi connectivity index (χ2v) is 7.91. The Balaban J connectivity index is 1.59. The molecular weight excluding hydrogens is 362 g/mol. The van der Waals surface area contributed by atoms with Crippen molar-refractivity contribution >= 4 is 38.8 Å². The van der Waals surface area contributed by atoms with Gasteiger partial charge in [-0.3, -0.25) is 4.79 Å². The van der Waals surface area contributed by atoms with Crippen LogP contribution in [0.1, 0.15) is 29.2 Å². The topological polar surface area (TPSA) is 86.5 Å². The fourth-order valence-electron chi connectivity index (χ4n) is 3.05. The minimum Gasteiger partial charge on any atom is -0.486 e. The second-order valence-electron chi connectivity index (χ2n) is 6.91. The maximum Gasteiger partial charge on any atom is 0.267 e. The molecule has 6 nitrogen and oxygen atoms in total. The summed E-state index contributed by atoms with van der Waals surface area (Å²) < 4.78 is 11.1. The van der Waals surface area contributed by atoms with Crippen molar-refractivity contribution in [1.29, 1.82) is 0 Å². The van der Waals surface area contributed by atoms with E-state index < -0.39 is 0 Å². The summed E-state index contributed by atoms with van der Waals surface area (Å²) in [6, 6.07) is 9.27. The number of rotatable bonds is 4. The third-order valence-corrected chi connectivity index (χ3v) is 5.39. The van der Waals surface area contributed by atoms with Crippen LogP contribution >= 0.6 is 11.3 Å². The molecule has 1 aliphatic rings. The number of thiophene rings is 1. The highest BCUT2D eigenvalue weighted by atomic mass is 32.1. The zero-order valence-electron chi connectivity index (χ0n) is 15.2. The lowest BCUT2D eigenvalue weighted by atomic mass is 10.1. The molecule has 0 aliphatic carbocycles. The number of nitrogen functional groups attached to an aromatic ring is 1. The maximum absolute atomic E-state index is 12.8. The summed E-state index contributed by atoms with van der Waals surface area (Å²) in [6.45, 7) is 5.34. The molecule has 0 fully saturated rings. The Hall–Kier alpha value is -2.80. The summed E-state index contributed by atoms with van der Waals surface area (Å²) in [6.07, 6.45) is 0.895. The van der Waals surface area contributed by atoms with Gasteiger partial charge in [0.15, 0.2) is 11.5 Å². The fourth-order valence-corrected chi connectivity index (χ4v) is 4.05. The van der Waals surface area contributed by atoms with Crippen molar-refractivity contribution in [3.63, 3.8) is 0 Å². The molecule has 0 unspecified atom stereocenters. The third kappa shape index (κ3) is 3.55. The first-order valence-corrected chi connectivity index (χ1v) is 9.72. The molecule has 0 bridgehead atoms. The molecule has 1 aliphatic heterocycles. The van der Waals surface area contributed by atoms with Crippen molar-refractivity contribution in [2.24, 2.45) is 5.92 Å². The minimum absolute atomic E-state index is 0.252. The van der Waals surface area contributed by atoms with Crippen molar-refractivity contribution < 1.29 is 14.3 Å². The number of nitrogens with one attached hydrogen (secondary N) is 1. The molecule has 140 valence electrons. The number of aromatic nitrogens is 1. The van der Waals surface area contributed by atoms with Gasteiger partial charge in [0.2, 0.25) is 0 Å². The van der Waals surface area contributed by atoms with E-state index in [1.807, 2.05) is 12.1 Å². The van der Waals surface area contributed by atoms with Crippen LogP contribution in [-0.4, -0.2) is 24.1 Å². The Morgan fingerprint density at radius 2 is 2.00 bits per heavy atom. The molecule has 3 N–H and O–H groups in total. The number of pyridine rings is 1. The highest BCUT2D eigenvalue weighted by molar-refractivity contribution is 7.21. The zero-order valence-corrected chi connectivity index (χ0v) is 16.1. The van der Waals surface area contributed by atoms with Crippen LogP contribution in [0, 0.1) is 5.92 Å². The van der Waals surface area contributed by atoms with Gasteiger partial charge in [0.05, 0.1) is 5.69 Å². The summed E-state index contributed by atoms with van der Waals surface area (Å²) in [5.74, 6) is 1.58. The van der Waals surface area contributed by atoms with Crippen LogP contribution in [0.4, 0.5) is 11.4 Å². The Kier molecular flexibility index (Phi) is 4.61. The molecule has 2 aromatic heterocycles. The van der Waals surface area contributed by atoms with Crippen LogP contribution in [0.3, 0.4) is 0 Å². The predicted octanol–water partition coefficient (Wildman–Crippen LogP) is 4.10. The summed E-state index contributed by atoms with van der Waals surface area (Å²) in [5, 5.41) is 3.70. The number of nitrogens with zero attached hydrogens (tertiary/aromatic N) is 1. The van der Waals surface area contributed by atoms with E-state index >= 15 is 0 Å². The zero-order chi connectivity index (χ0) is 19.0. The average molecular weight is 383 g/mol. The van der Waals surface area contributed by atoms with Gasteiger partial charge in [-0.1, -0.05) is 13.8 Å². The van der Waals surface area contributed by atoms with Gasteiger partial charge in [-0.15, -0.1) is 11.3 Å². The van der Waals surface area contributed by atoms with Gasteiger partial charge in [-0.05, 0) is 36.6 Å². The van der Waals surface area contributed by atoms with Crippen LogP contribution in [0.5, 0.6) is 11.5 Å². The third-order valence-electron chi connectivity index (χ3n) is 4.28. The number of benzene rings is 1. The van der Waals surface area contributed by atoms with E-state index in [-0.39, 0.29) is 5.91 Å². The SMILES string of the molecule is CC(C)Cc1ccc2c(N)c(C(=O)Nc3ccc4c(c3)OCCO4)sc2n1. The largest absolute Gasteiger partial charge is 0.486 e. The molecule has 1 amide bonds. The van der Waals surface area contributed by atoms with E-state index in [9.17, 15) is 4.79 Å². The fraction of sp³-hybridized carbons (Fsp3) is 0.300. The molecule has 0 radical (unpaired) electrons. The molecule has 27 heavy (non-hydrogen) atoms. The Labute approximate surface area is 161 Å². The molecule has 3 aromatic rings. The molecule has 3 heterocycles. The van der Waals surface area contributed by atoms with E-state index in [1.54, 1.807) is 18.2 Å². The Bertz CT molecular complexity index is 1010. The molecule has 7 heteroatoms. The summed E-state index contributed by atoms with van der Waals surface area (Å²) in [5.41, 5.74) is 8.33. The molecule has 4 rings (SSSR count). The normalized spacial score (nSPS) is 13.1. The smallest absolute Gasteiger partial charge is 0.267 e. The van der Waals surface area contributed by atoms with Gasteiger partial charge in [-0.25, -0.2) is 4.98 Å². The molecule has 0 atom stereocenters. The monoisotopic (exact) mass is 383 g/mol. The van der Waals surface area contributed by atoms with Crippen LogP contribution < -0.4 is 20.5 Å². The number of fused-ring (bicyclic) bond motifs is 2. The van der Waals surface area contributed by atoms with Crippen molar-refractivity contribution in [2.75, 3.05) is 24.3 Å². The van der Waals surface area contributed by atoms with E-state index in [0.717, 1.165) is 22.3 Å². The van der Waals surface area contributed by atoms with Crippen LogP contribution in [0.25, 0.3) is 10.2 Å². The average Bonchev–Trinajstić information content (AvgIpc) is 2.97. The molecule has 1 aromatic carbocycles. The molecule has 0 saturated carbocycles. The summed E-state index contributed by atoms with van der Waals surface area (Å²) in [4.78, 5) is 18.7. The Morgan fingerprint density at radius 1 is 1.22 bits per heavy atom. The predicted molar refractivity (Wildman–Crippen MR) is 108 cm³/mol. The van der Waals surface area contributed by atoms with E-state index in [2.05, 4.69) is 24.1 Å². The standard InChI is InChI=1S/C20H21N3O3S/c1-11(2)9-12-3-5-14-17(21)18(27-20(14)23-12)19(24)22-13-4-6-15-16(10-13)26-8-7-25-15/h3-6,10-11H,7-9,21H2,1-2H3,(H,22,24). The second kappa shape index (κ2) is 7.08. The van der Waals surface area contributed by atoms with Gasteiger partial charge in [0.1, 0.15) is 22.9 Å². The van der Waals surface area contributed by atoms with Crippen molar-refractivity contribution in [3.05, 3.63) is 40.9 Å². The number of carbonyl (C=O) groups excluding carboxylic acids is 1. The van der Waals surface area contributed by atoms with Gasteiger partial charge in [0, 0.05) is 22.8 Å². The van der Waals surface area contributed by atoms with E-state index in [0.29, 0.717) is 46.9 Å². The number of hydrogen-bond acceptors (Lipinski definition) is 6. The lowest BCUT2D eigenvalue weighted by Gasteiger charge is -2.18. The number of hydrogen-bond donors (Lipinski definition) is 2. The van der Waals surface area contributed by atoms with Gasteiger partial charge in [0.25, 0.3) is 5.91 Å². The number of carbonyl (C=O) groups is 1. The number of amides is 1. The van der Waals surface area contributed by atoms with Crippen LogP contribution in [0.15, 0.2) is 30.3 Å². The van der Waals surface area contributed by atoms with Gasteiger partial charge >= 0.3 is 0 Å². The first kappa shape index (κ1) is 17.6. The first-order chi connectivity index (χ1) is 13.0. The number of ether oxygens (including phenoxy) is 2. The highest BCUT2D eigenvalue weighted by Crippen LogP contribution is 2.35. The maximum atomic E-state index is 12.8. The van der Waals surface area contributed by atoms with Gasteiger partial charge in [-0.2, -0.15) is 0 Å². The number of anilines is 2. The van der Waals surface area contributed by atoms with Crippen molar-refractivity contribution in [3.8, 4) is 11.5 Å². The van der Waals surface area contributed by atoms with Gasteiger partial charge < -0.3 is 20.5 Å². The first-order valence-electron chi connectivity index (χ1n) is 8.90. The lowest BCUT2D eigenvalue weighted by Crippen LogP contribution is -2.16. The number of nitrogens with two attached hydrogens (primary N) is 1. The van der Waals surface area contributed by atoms with Crippen molar-refractivity contribution in [1.82, 2.24) is 4.98 Å². The minimum atomic E-state index is -0.252. The summed E-state index contributed by atoms with van der Waals surface area (Å²) in [7, 11) is 0. The quantitative estimate of drug-likeness (QED) is 0.708. The molecule has 0 spiro atoms. The van der Waals surface area contributed by atoms with Crippen molar-refractivity contribution in [2.45, 2.75) is 20.3 Å². The molecule has 0 saturated heterocycles. The van der Waals surface area contributed by atoms with E-state index in [1.165, 1.54) is 11.3 Å². The van der Waals surface area contributed by atoms with E-state index in [4.69, 9.17) is 15.2 Å². The lowest BCUT2D eigenvalue weighted by molar-refractivity contribution is 0.103. The summed E-state index contributed by atoms with van der Waals surface area (Å²) >= 11 is 1.32. The Morgan fingerprint density at radius 3 is 2.78 bits per heavy atom. The highest BCUT2D eigenvalue weighted by Gasteiger charge is 2.19. The van der Waals surface area contributed by atoms with Crippen LogP contribution in [0.2, 0.25) is 0 Å².